The Bertz CT molecular complexity index is 616. The predicted octanol–water partition coefficient (Wildman–Crippen LogP) is 4.54. The molecule has 0 radical (unpaired) electrons. The van der Waals surface area contributed by atoms with Crippen LogP contribution >= 0.6 is 0 Å². The van der Waals surface area contributed by atoms with Gasteiger partial charge < -0.3 is 9.84 Å². The molecule has 3 nitrogen and oxygen atoms in total. The maximum Gasteiger partial charge on any atom is 0.159 e. The minimum atomic E-state index is -0.0698. The molecule has 3 heteroatoms. The van der Waals surface area contributed by atoms with Crippen LogP contribution in [0.3, 0.4) is 0 Å². The van der Waals surface area contributed by atoms with Crippen molar-refractivity contribution in [2.24, 2.45) is 28.6 Å². The number of fused-ring (bicyclic) bond motifs is 5. The number of methoxy groups -OCH3 is 1. The first-order valence-electron chi connectivity index (χ1n) is 9.12. The highest BCUT2D eigenvalue weighted by Gasteiger charge is 2.59. The van der Waals surface area contributed by atoms with E-state index in [1.54, 1.807) is 7.11 Å². The van der Waals surface area contributed by atoms with E-state index in [-0.39, 0.29) is 10.8 Å². The van der Waals surface area contributed by atoms with E-state index >= 15 is 0 Å². The number of allylic oxidation sites excluding steroid dienone is 3. The summed E-state index contributed by atoms with van der Waals surface area (Å²) in [6.07, 6.45) is 9.08. The number of hydrogen-bond acceptors (Lipinski definition) is 3. The van der Waals surface area contributed by atoms with Crippen molar-refractivity contribution in [1.82, 2.24) is 0 Å². The summed E-state index contributed by atoms with van der Waals surface area (Å²) in [6, 6.07) is 0. The molecule has 2 fully saturated rings. The molecular formula is C20H28O3. The maximum absolute atomic E-state index is 12.4. The first kappa shape index (κ1) is 15.3. The minimum Gasteiger partial charge on any atom is -0.508 e. The van der Waals surface area contributed by atoms with Gasteiger partial charge in [-0.15, -0.1) is 0 Å². The van der Waals surface area contributed by atoms with Gasteiger partial charge in [-0.25, -0.2) is 0 Å². The van der Waals surface area contributed by atoms with Crippen molar-refractivity contribution < 1.29 is 14.6 Å². The summed E-state index contributed by atoms with van der Waals surface area (Å²) in [7, 11) is 1.66. The summed E-state index contributed by atoms with van der Waals surface area (Å²) < 4.78 is 5.55. The van der Waals surface area contributed by atoms with Crippen LogP contribution in [0.1, 0.15) is 58.8 Å². The highest BCUT2D eigenvalue weighted by atomic mass is 16.5. The summed E-state index contributed by atoms with van der Waals surface area (Å²) in [6.45, 7) is 4.58. The smallest absolute Gasteiger partial charge is 0.159 e. The van der Waals surface area contributed by atoms with Crippen LogP contribution in [0.4, 0.5) is 0 Å². The quantitative estimate of drug-likeness (QED) is 0.772. The monoisotopic (exact) mass is 316 g/mol. The molecule has 0 spiro atoms. The second kappa shape index (κ2) is 4.87. The van der Waals surface area contributed by atoms with Crippen LogP contribution in [0.2, 0.25) is 0 Å². The van der Waals surface area contributed by atoms with Crippen molar-refractivity contribution in [2.45, 2.75) is 58.8 Å². The van der Waals surface area contributed by atoms with E-state index in [1.165, 1.54) is 5.57 Å². The number of Topliss-reactive ketones (excluding diaryl/α,β-unsaturated/α-hetero) is 1. The SMILES string of the molecule is COC1=C(O)CC[C@@]2(C)C1=CC[C@@H]1[C@@H]2CC[C@]2(C)C(=O)CC[C@@H]12. The highest BCUT2D eigenvalue weighted by molar-refractivity contribution is 5.87. The van der Waals surface area contributed by atoms with Crippen LogP contribution in [0.25, 0.3) is 0 Å². The van der Waals surface area contributed by atoms with Crippen LogP contribution in [-0.2, 0) is 9.53 Å². The molecule has 1 N–H and O–H groups in total. The van der Waals surface area contributed by atoms with Gasteiger partial charge in [0.15, 0.2) is 5.76 Å². The number of aliphatic hydroxyl groups excluding tert-OH is 1. The molecule has 0 aliphatic heterocycles. The van der Waals surface area contributed by atoms with Gasteiger partial charge in [-0.05, 0) is 60.8 Å². The van der Waals surface area contributed by atoms with Crippen molar-refractivity contribution in [3.8, 4) is 0 Å². The molecule has 0 saturated heterocycles. The van der Waals surface area contributed by atoms with E-state index in [9.17, 15) is 9.90 Å². The number of ether oxygens (including phenoxy) is 1. The lowest BCUT2D eigenvalue weighted by Gasteiger charge is -2.55. The van der Waals surface area contributed by atoms with Crippen LogP contribution in [0.15, 0.2) is 23.2 Å². The van der Waals surface area contributed by atoms with E-state index in [2.05, 4.69) is 19.9 Å². The number of hydrogen-bond donors (Lipinski definition) is 1. The molecule has 4 aliphatic rings. The van der Waals surface area contributed by atoms with Crippen molar-refractivity contribution in [3.05, 3.63) is 23.2 Å². The van der Waals surface area contributed by atoms with Gasteiger partial charge in [-0.3, -0.25) is 4.79 Å². The Morgan fingerprint density at radius 2 is 1.87 bits per heavy atom. The predicted molar refractivity (Wildman–Crippen MR) is 88.8 cm³/mol. The molecule has 0 aromatic rings. The molecule has 0 amide bonds. The Kier molecular flexibility index (Phi) is 3.24. The molecule has 4 aliphatic carbocycles. The standard InChI is InChI=1S/C20H28O3/c1-19-11-9-16(21)18(23-3)15(19)5-4-12-13-6-7-17(22)20(13,2)10-8-14(12)19/h5,12-14,21H,4,6-11H2,1-3H3/t12-,13-,14-,19+,20-/m0/s1. The zero-order valence-electron chi connectivity index (χ0n) is 14.5. The van der Waals surface area contributed by atoms with E-state index in [0.717, 1.165) is 38.5 Å². The molecule has 0 aromatic carbocycles. The molecule has 5 atom stereocenters. The van der Waals surface area contributed by atoms with E-state index in [4.69, 9.17) is 4.74 Å². The first-order chi connectivity index (χ1) is 10.9. The van der Waals surface area contributed by atoms with Gasteiger partial charge in [0.2, 0.25) is 0 Å². The van der Waals surface area contributed by atoms with Crippen molar-refractivity contribution >= 4 is 5.78 Å². The van der Waals surface area contributed by atoms with Crippen LogP contribution in [-0.4, -0.2) is 18.0 Å². The second-order valence-corrected chi connectivity index (χ2v) is 8.55. The largest absolute Gasteiger partial charge is 0.508 e. The summed E-state index contributed by atoms with van der Waals surface area (Å²) in [5.41, 5.74) is 1.24. The summed E-state index contributed by atoms with van der Waals surface area (Å²) in [5, 5.41) is 10.2. The fourth-order valence-corrected chi connectivity index (χ4v) is 6.41. The minimum absolute atomic E-state index is 0.0698. The Morgan fingerprint density at radius 3 is 2.61 bits per heavy atom. The van der Waals surface area contributed by atoms with Gasteiger partial charge in [-0.2, -0.15) is 0 Å². The summed E-state index contributed by atoms with van der Waals surface area (Å²) >= 11 is 0. The summed E-state index contributed by atoms with van der Waals surface area (Å²) in [4.78, 5) is 12.4. The Labute approximate surface area is 138 Å². The van der Waals surface area contributed by atoms with Crippen LogP contribution in [0, 0.1) is 28.6 Å². The van der Waals surface area contributed by atoms with Gasteiger partial charge in [0.25, 0.3) is 0 Å². The number of carbonyl (C=O) groups excluding carboxylic acids is 1. The fraction of sp³-hybridized carbons (Fsp3) is 0.750. The molecular weight excluding hydrogens is 288 g/mol. The molecule has 126 valence electrons. The number of rotatable bonds is 1. The van der Waals surface area contributed by atoms with Crippen molar-refractivity contribution in [3.63, 3.8) is 0 Å². The number of aliphatic hydroxyl groups is 1. The van der Waals surface area contributed by atoms with E-state index in [1.807, 2.05) is 0 Å². The van der Waals surface area contributed by atoms with Crippen molar-refractivity contribution in [2.75, 3.05) is 7.11 Å². The van der Waals surface area contributed by atoms with Gasteiger partial charge >= 0.3 is 0 Å². The van der Waals surface area contributed by atoms with Crippen LogP contribution < -0.4 is 0 Å². The lowest BCUT2D eigenvalue weighted by atomic mass is 9.48. The summed E-state index contributed by atoms with van der Waals surface area (Å²) in [5.74, 6) is 3.41. The first-order valence-corrected chi connectivity index (χ1v) is 9.12. The van der Waals surface area contributed by atoms with Gasteiger partial charge in [0.1, 0.15) is 11.5 Å². The molecule has 23 heavy (non-hydrogen) atoms. The molecule has 0 heterocycles. The molecule has 0 bridgehead atoms. The average Bonchev–Trinajstić information content (AvgIpc) is 2.83. The lowest BCUT2D eigenvalue weighted by Crippen LogP contribution is -2.50. The Hall–Kier alpha value is -1.25. The topological polar surface area (TPSA) is 46.5 Å². The lowest BCUT2D eigenvalue weighted by molar-refractivity contribution is -0.131. The van der Waals surface area contributed by atoms with Crippen molar-refractivity contribution in [1.29, 1.82) is 0 Å². The normalized spacial score (nSPS) is 46.0. The number of carbonyl (C=O) groups is 1. The van der Waals surface area contributed by atoms with Crippen LogP contribution in [0.5, 0.6) is 0 Å². The van der Waals surface area contributed by atoms with Gasteiger partial charge in [0, 0.05) is 18.3 Å². The second-order valence-electron chi connectivity index (χ2n) is 8.55. The third-order valence-corrected chi connectivity index (χ3v) is 7.77. The van der Waals surface area contributed by atoms with E-state index < -0.39 is 0 Å². The third-order valence-electron chi connectivity index (χ3n) is 7.77. The highest BCUT2D eigenvalue weighted by Crippen LogP contribution is 2.64. The number of ketones is 1. The van der Waals surface area contributed by atoms with Gasteiger partial charge in [0.05, 0.1) is 7.11 Å². The zero-order valence-corrected chi connectivity index (χ0v) is 14.5. The molecule has 2 saturated carbocycles. The molecule has 4 rings (SSSR count). The Morgan fingerprint density at radius 1 is 1.13 bits per heavy atom. The maximum atomic E-state index is 12.4. The average molecular weight is 316 g/mol. The zero-order chi connectivity index (χ0) is 16.4. The molecule has 0 unspecified atom stereocenters. The third kappa shape index (κ3) is 1.85. The Balaban J connectivity index is 1.75. The fourth-order valence-electron chi connectivity index (χ4n) is 6.41. The van der Waals surface area contributed by atoms with Gasteiger partial charge in [-0.1, -0.05) is 19.9 Å². The van der Waals surface area contributed by atoms with E-state index in [0.29, 0.717) is 41.5 Å². The molecule has 0 aromatic heterocycles.